The maximum absolute atomic E-state index is 10.7. The number of ether oxygens (including phenoxy) is 1. The first-order valence-corrected chi connectivity index (χ1v) is 5.17. The van der Waals surface area contributed by atoms with E-state index >= 15 is 0 Å². The predicted octanol–water partition coefficient (Wildman–Crippen LogP) is -3.37. The molecule has 0 spiro atoms. The third kappa shape index (κ3) is 3.12. The van der Waals surface area contributed by atoms with Crippen molar-refractivity contribution < 1.29 is 35.1 Å². The molecule has 0 aromatic heterocycles. The third-order valence-corrected chi connectivity index (χ3v) is 2.79. The molecule has 0 aromatic rings. The molecular weight excluding hydrogens is 234 g/mol. The zero-order valence-electron chi connectivity index (χ0n) is 9.01. The highest BCUT2D eigenvalue weighted by Gasteiger charge is 2.43. The second-order valence-corrected chi connectivity index (χ2v) is 4.05. The van der Waals surface area contributed by atoms with Crippen molar-refractivity contribution in [2.24, 2.45) is 5.73 Å². The van der Waals surface area contributed by atoms with Gasteiger partial charge in [0.1, 0.15) is 18.3 Å². The SMILES string of the molecule is NC1C(O)CC(C(=O)O)OC1C(O)C(O)CO. The van der Waals surface area contributed by atoms with Crippen molar-refractivity contribution in [1.82, 2.24) is 0 Å². The molecular formula is C9H17NO7. The van der Waals surface area contributed by atoms with Crippen molar-refractivity contribution in [3.8, 4) is 0 Å². The fourth-order valence-electron chi connectivity index (χ4n) is 1.73. The molecule has 0 bridgehead atoms. The first-order valence-electron chi connectivity index (χ1n) is 5.17. The number of hydrogen-bond acceptors (Lipinski definition) is 7. The van der Waals surface area contributed by atoms with Crippen LogP contribution in [-0.4, -0.2) is 74.7 Å². The molecule has 7 N–H and O–H groups in total. The summed E-state index contributed by atoms with van der Waals surface area (Å²) in [6, 6.07) is -1.03. The van der Waals surface area contributed by atoms with Gasteiger partial charge in [-0.15, -0.1) is 0 Å². The van der Waals surface area contributed by atoms with Crippen molar-refractivity contribution in [1.29, 1.82) is 0 Å². The minimum Gasteiger partial charge on any atom is -0.479 e. The average molecular weight is 251 g/mol. The lowest BCUT2D eigenvalue weighted by atomic mass is 9.91. The van der Waals surface area contributed by atoms with Gasteiger partial charge in [0.2, 0.25) is 0 Å². The van der Waals surface area contributed by atoms with E-state index in [1.54, 1.807) is 0 Å². The summed E-state index contributed by atoms with van der Waals surface area (Å²) >= 11 is 0. The van der Waals surface area contributed by atoms with Gasteiger partial charge in [0.15, 0.2) is 6.10 Å². The van der Waals surface area contributed by atoms with Crippen LogP contribution in [0.3, 0.4) is 0 Å². The summed E-state index contributed by atoms with van der Waals surface area (Å²) in [5.74, 6) is -1.29. The van der Waals surface area contributed by atoms with Gasteiger partial charge >= 0.3 is 5.97 Å². The molecule has 1 aliphatic rings. The van der Waals surface area contributed by atoms with E-state index in [4.69, 9.17) is 20.7 Å². The number of hydrogen-bond donors (Lipinski definition) is 6. The number of aliphatic hydroxyl groups is 4. The largest absolute Gasteiger partial charge is 0.479 e. The lowest BCUT2D eigenvalue weighted by molar-refractivity contribution is -0.191. The van der Waals surface area contributed by atoms with Crippen LogP contribution in [-0.2, 0) is 9.53 Å². The first kappa shape index (κ1) is 14.3. The van der Waals surface area contributed by atoms with Gasteiger partial charge in [-0.05, 0) is 0 Å². The lowest BCUT2D eigenvalue weighted by Crippen LogP contribution is -2.61. The molecule has 0 amide bonds. The molecule has 1 heterocycles. The molecule has 0 aromatic carbocycles. The zero-order chi connectivity index (χ0) is 13.2. The monoisotopic (exact) mass is 251 g/mol. The minimum atomic E-state index is -1.56. The van der Waals surface area contributed by atoms with Gasteiger partial charge in [-0.3, -0.25) is 0 Å². The zero-order valence-corrected chi connectivity index (χ0v) is 9.01. The Morgan fingerprint density at radius 2 is 2.06 bits per heavy atom. The highest BCUT2D eigenvalue weighted by molar-refractivity contribution is 5.72. The molecule has 6 unspecified atom stereocenters. The number of nitrogens with two attached hydrogens (primary N) is 1. The van der Waals surface area contributed by atoms with Crippen molar-refractivity contribution in [3.05, 3.63) is 0 Å². The standard InChI is InChI=1S/C9H17NO7/c10-6-3(12)1-5(9(15)16)17-8(6)7(14)4(13)2-11/h3-8,11-14H,1-2,10H2,(H,15,16). The molecule has 100 valence electrons. The van der Waals surface area contributed by atoms with Crippen molar-refractivity contribution in [2.45, 2.75) is 43.0 Å². The summed E-state index contributed by atoms with van der Waals surface area (Å²) in [7, 11) is 0. The predicted molar refractivity (Wildman–Crippen MR) is 54.0 cm³/mol. The van der Waals surface area contributed by atoms with Crippen molar-refractivity contribution >= 4 is 5.97 Å². The van der Waals surface area contributed by atoms with Gasteiger partial charge in [0.05, 0.1) is 18.8 Å². The van der Waals surface area contributed by atoms with Crippen LogP contribution >= 0.6 is 0 Å². The van der Waals surface area contributed by atoms with Gasteiger partial charge in [-0.25, -0.2) is 4.79 Å². The number of aliphatic hydroxyl groups excluding tert-OH is 4. The molecule has 0 radical (unpaired) electrons. The summed E-state index contributed by atoms with van der Waals surface area (Å²) in [6.07, 6.45) is -6.96. The molecule has 17 heavy (non-hydrogen) atoms. The summed E-state index contributed by atoms with van der Waals surface area (Å²) in [5, 5.41) is 45.8. The van der Waals surface area contributed by atoms with Crippen LogP contribution in [0, 0.1) is 0 Å². The Morgan fingerprint density at radius 1 is 1.47 bits per heavy atom. The summed E-state index contributed by atoms with van der Waals surface area (Å²) in [4.78, 5) is 10.7. The Hall–Kier alpha value is -0.770. The van der Waals surface area contributed by atoms with Crippen LogP contribution < -0.4 is 5.73 Å². The number of carboxylic acid groups (broad SMARTS) is 1. The second kappa shape index (κ2) is 5.71. The molecule has 1 aliphatic heterocycles. The van der Waals surface area contributed by atoms with Crippen molar-refractivity contribution in [2.75, 3.05) is 6.61 Å². The maximum Gasteiger partial charge on any atom is 0.332 e. The Bertz CT molecular complexity index is 274. The van der Waals surface area contributed by atoms with Crippen LogP contribution in [0.2, 0.25) is 0 Å². The molecule has 1 saturated heterocycles. The highest BCUT2D eigenvalue weighted by atomic mass is 16.5. The Morgan fingerprint density at radius 3 is 2.53 bits per heavy atom. The molecule has 0 aliphatic carbocycles. The van der Waals surface area contributed by atoms with Gasteiger partial charge in [-0.1, -0.05) is 0 Å². The van der Waals surface area contributed by atoms with Crippen LogP contribution in [0.25, 0.3) is 0 Å². The molecule has 1 rings (SSSR count). The summed E-state index contributed by atoms with van der Waals surface area (Å²) < 4.78 is 5.01. The third-order valence-electron chi connectivity index (χ3n) is 2.79. The van der Waals surface area contributed by atoms with E-state index in [1.807, 2.05) is 0 Å². The number of rotatable bonds is 4. The van der Waals surface area contributed by atoms with Gasteiger partial charge in [0, 0.05) is 6.42 Å². The molecule has 1 fully saturated rings. The second-order valence-electron chi connectivity index (χ2n) is 4.05. The first-order chi connectivity index (χ1) is 7.88. The smallest absolute Gasteiger partial charge is 0.332 e. The van der Waals surface area contributed by atoms with E-state index in [0.29, 0.717) is 0 Å². The van der Waals surface area contributed by atoms with E-state index in [-0.39, 0.29) is 6.42 Å². The van der Waals surface area contributed by atoms with E-state index in [0.717, 1.165) is 0 Å². The van der Waals surface area contributed by atoms with Gasteiger partial charge in [-0.2, -0.15) is 0 Å². The van der Waals surface area contributed by atoms with Crippen LogP contribution in [0.15, 0.2) is 0 Å². The average Bonchev–Trinajstić information content (AvgIpc) is 2.30. The Kier molecular flexibility index (Phi) is 4.80. The van der Waals surface area contributed by atoms with E-state index < -0.39 is 49.1 Å². The minimum absolute atomic E-state index is 0.186. The molecule has 0 saturated carbocycles. The van der Waals surface area contributed by atoms with E-state index in [9.17, 15) is 20.1 Å². The molecule has 8 heteroatoms. The topological polar surface area (TPSA) is 153 Å². The quantitative estimate of drug-likeness (QED) is 0.302. The number of carboxylic acids is 1. The van der Waals surface area contributed by atoms with Crippen LogP contribution in [0.4, 0.5) is 0 Å². The number of carbonyl (C=O) groups is 1. The lowest BCUT2D eigenvalue weighted by Gasteiger charge is -2.39. The number of aliphatic carboxylic acids is 1. The fraction of sp³-hybridized carbons (Fsp3) is 0.889. The fourth-order valence-corrected chi connectivity index (χ4v) is 1.73. The summed E-state index contributed by atoms with van der Waals surface area (Å²) in [6.45, 7) is -0.721. The van der Waals surface area contributed by atoms with E-state index in [1.165, 1.54) is 0 Å². The van der Waals surface area contributed by atoms with Crippen molar-refractivity contribution in [3.63, 3.8) is 0 Å². The van der Waals surface area contributed by atoms with Crippen LogP contribution in [0.1, 0.15) is 6.42 Å². The molecule has 6 atom stereocenters. The summed E-state index contributed by atoms with van der Waals surface area (Å²) in [5.41, 5.74) is 5.56. The molecule has 8 nitrogen and oxygen atoms in total. The Balaban J connectivity index is 2.77. The maximum atomic E-state index is 10.7. The van der Waals surface area contributed by atoms with Gasteiger partial charge < -0.3 is 36.0 Å². The van der Waals surface area contributed by atoms with Crippen LogP contribution in [0.5, 0.6) is 0 Å². The van der Waals surface area contributed by atoms with Gasteiger partial charge in [0.25, 0.3) is 0 Å². The highest BCUT2D eigenvalue weighted by Crippen LogP contribution is 2.22. The normalized spacial score (nSPS) is 37.5. The van der Waals surface area contributed by atoms with E-state index in [2.05, 4.69) is 0 Å². The Labute approximate surface area is 97.2 Å².